The Morgan fingerprint density at radius 1 is 0.903 bits per heavy atom. The number of amides is 4. The number of hydrogen-bond acceptors (Lipinski definition) is 8. The third-order valence-electron chi connectivity index (χ3n) is 4.09. The zero-order chi connectivity index (χ0) is 24.3. The summed E-state index contributed by atoms with van der Waals surface area (Å²) < 4.78 is 0. The van der Waals surface area contributed by atoms with Crippen LogP contribution in [0.15, 0.2) is 0 Å². The normalized spacial score (nSPS) is 14.6. The average molecular weight is 464 g/mol. The van der Waals surface area contributed by atoms with Gasteiger partial charge in [0, 0.05) is 12.2 Å². The fourth-order valence-corrected chi connectivity index (χ4v) is 2.58. The van der Waals surface area contributed by atoms with Crippen molar-refractivity contribution < 1.29 is 39.0 Å². The summed E-state index contributed by atoms with van der Waals surface area (Å²) in [5, 5.41) is 24.6. The van der Waals surface area contributed by atoms with Crippen LogP contribution in [0.1, 0.15) is 33.1 Å². The molecule has 14 heteroatoms. The fourth-order valence-electron chi connectivity index (χ4n) is 2.33. The molecule has 0 aromatic rings. The quantitative estimate of drug-likeness (QED) is 0.124. The number of carboxylic acid groups (broad SMARTS) is 2. The minimum atomic E-state index is -1.70. The molecule has 13 nitrogen and oxygen atoms in total. The lowest BCUT2D eigenvalue weighted by Crippen LogP contribution is -2.59. The maximum Gasteiger partial charge on any atom is 0.326 e. The molecule has 4 amide bonds. The minimum Gasteiger partial charge on any atom is -0.481 e. The Morgan fingerprint density at radius 3 is 1.87 bits per heavy atom. The maximum atomic E-state index is 12.6. The Hall–Kier alpha value is -2.87. The second kappa shape index (κ2) is 13.4. The maximum absolute atomic E-state index is 12.6. The van der Waals surface area contributed by atoms with Crippen LogP contribution in [0.2, 0.25) is 0 Å². The molecule has 176 valence electrons. The summed E-state index contributed by atoms with van der Waals surface area (Å²) in [6.07, 6.45) is -0.992. The van der Waals surface area contributed by atoms with Gasteiger partial charge in [-0.1, -0.05) is 13.8 Å². The molecular weight excluding hydrogens is 434 g/mol. The van der Waals surface area contributed by atoms with Crippen LogP contribution in [0.3, 0.4) is 0 Å². The number of nitrogens with two attached hydrogens (primary N) is 2. The van der Waals surface area contributed by atoms with E-state index in [-0.39, 0.29) is 18.6 Å². The molecule has 0 saturated heterocycles. The number of carboxylic acids is 2. The first-order chi connectivity index (χ1) is 14.3. The number of thiol groups is 1. The van der Waals surface area contributed by atoms with Crippen LogP contribution in [0, 0.1) is 5.92 Å². The van der Waals surface area contributed by atoms with Gasteiger partial charge in [0.15, 0.2) is 0 Å². The van der Waals surface area contributed by atoms with Crippen molar-refractivity contribution in [2.24, 2.45) is 17.4 Å². The van der Waals surface area contributed by atoms with Crippen LogP contribution in [-0.2, 0) is 28.8 Å². The molecule has 0 aliphatic carbocycles. The Kier molecular flexibility index (Phi) is 12.2. The molecule has 0 radical (unpaired) electrons. The van der Waals surface area contributed by atoms with E-state index in [9.17, 15) is 28.8 Å². The van der Waals surface area contributed by atoms with Crippen molar-refractivity contribution in [3.05, 3.63) is 0 Å². The Balaban J connectivity index is 5.15. The molecule has 0 aromatic heterocycles. The van der Waals surface area contributed by atoms with Crippen molar-refractivity contribution in [3.63, 3.8) is 0 Å². The number of aliphatic carboxylic acids is 2. The molecule has 0 saturated carbocycles. The van der Waals surface area contributed by atoms with Crippen LogP contribution in [0.4, 0.5) is 0 Å². The molecule has 0 aromatic carbocycles. The molecule has 0 heterocycles. The fraction of sp³-hybridized carbons (Fsp3) is 0.647. The van der Waals surface area contributed by atoms with Gasteiger partial charge < -0.3 is 37.6 Å². The van der Waals surface area contributed by atoms with Gasteiger partial charge in [0.2, 0.25) is 23.6 Å². The molecule has 0 rings (SSSR count). The van der Waals surface area contributed by atoms with Gasteiger partial charge >= 0.3 is 11.9 Å². The van der Waals surface area contributed by atoms with E-state index in [1.807, 2.05) is 5.32 Å². The molecule has 0 bridgehead atoms. The third kappa shape index (κ3) is 10.6. The van der Waals surface area contributed by atoms with Gasteiger partial charge in [-0.3, -0.25) is 24.0 Å². The molecule has 0 aliphatic heterocycles. The second-order valence-electron chi connectivity index (χ2n) is 7.08. The first kappa shape index (κ1) is 28.1. The van der Waals surface area contributed by atoms with E-state index in [2.05, 4.69) is 23.3 Å². The number of primary amides is 1. The smallest absolute Gasteiger partial charge is 0.326 e. The van der Waals surface area contributed by atoms with Gasteiger partial charge in [-0.05, 0) is 12.3 Å². The largest absolute Gasteiger partial charge is 0.481 e. The summed E-state index contributed by atoms with van der Waals surface area (Å²) in [6.45, 7) is 3.26. The van der Waals surface area contributed by atoms with Crippen LogP contribution < -0.4 is 27.4 Å². The van der Waals surface area contributed by atoms with Crippen LogP contribution in [0.25, 0.3) is 0 Å². The Bertz CT molecular complexity index is 702. The summed E-state index contributed by atoms with van der Waals surface area (Å²) in [5.74, 6) is -6.69. The van der Waals surface area contributed by atoms with Gasteiger partial charge in [-0.15, -0.1) is 0 Å². The van der Waals surface area contributed by atoms with E-state index < -0.39 is 72.1 Å². The molecule has 9 N–H and O–H groups in total. The number of rotatable bonds is 14. The lowest BCUT2D eigenvalue weighted by molar-refractivity contribution is -0.147. The van der Waals surface area contributed by atoms with Crippen molar-refractivity contribution in [3.8, 4) is 0 Å². The van der Waals surface area contributed by atoms with E-state index >= 15 is 0 Å². The first-order valence-corrected chi connectivity index (χ1v) is 9.93. The lowest BCUT2D eigenvalue weighted by atomic mass is 10.0. The van der Waals surface area contributed by atoms with Gasteiger partial charge in [0.1, 0.15) is 18.1 Å². The summed E-state index contributed by atoms with van der Waals surface area (Å²) in [4.78, 5) is 69.8. The third-order valence-corrected chi connectivity index (χ3v) is 4.46. The molecule has 4 atom stereocenters. The van der Waals surface area contributed by atoms with Gasteiger partial charge in [0.25, 0.3) is 0 Å². The van der Waals surface area contributed by atoms with Crippen LogP contribution in [0.5, 0.6) is 0 Å². The minimum absolute atomic E-state index is 0.0184. The van der Waals surface area contributed by atoms with Crippen molar-refractivity contribution in [2.75, 3.05) is 5.75 Å². The lowest BCUT2D eigenvalue weighted by Gasteiger charge is -2.26. The molecule has 0 aliphatic rings. The van der Waals surface area contributed by atoms with Crippen molar-refractivity contribution in [1.29, 1.82) is 0 Å². The predicted octanol–water partition coefficient (Wildman–Crippen LogP) is -2.82. The molecular formula is C17H29N5O8S. The topological polar surface area (TPSA) is 231 Å². The summed E-state index contributed by atoms with van der Waals surface area (Å²) in [7, 11) is 0. The second-order valence-corrected chi connectivity index (χ2v) is 7.45. The van der Waals surface area contributed by atoms with E-state index in [0.717, 1.165) is 0 Å². The highest BCUT2D eigenvalue weighted by Gasteiger charge is 2.31. The highest BCUT2D eigenvalue weighted by atomic mass is 32.1. The van der Waals surface area contributed by atoms with Crippen molar-refractivity contribution >= 4 is 48.2 Å². The average Bonchev–Trinajstić information content (AvgIpc) is 2.66. The zero-order valence-electron chi connectivity index (χ0n) is 17.2. The standard InChI is InChI=1S/C17H29N5O8S/c1-7(2)13(22-14(26)8(18)3-4-11(19)23)16(28)21-10(6-31)15(27)20-9(17(29)30)5-12(24)25/h7-10,13,31H,3-6,18H2,1-2H3,(H2,19,23)(H,20,27)(H,21,28)(H,22,26)(H,24,25)(H,29,30). The van der Waals surface area contributed by atoms with E-state index in [1.165, 1.54) is 0 Å². The number of carbonyl (C=O) groups is 6. The number of hydrogen-bond donors (Lipinski definition) is 8. The molecule has 0 fully saturated rings. The van der Waals surface area contributed by atoms with Gasteiger partial charge in [0.05, 0.1) is 12.5 Å². The highest BCUT2D eigenvalue weighted by molar-refractivity contribution is 7.80. The van der Waals surface area contributed by atoms with Gasteiger partial charge in [-0.2, -0.15) is 12.6 Å². The van der Waals surface area contributed by atoms with Crippen LogP contribution in [-0.4, -0.2) is 75.7 Å². The number of carbonyl (C=O) groups excluding carboxylic acids is 4. The highest BCUT2D eigenvalue weighted by Crippen LogP contribution is 2.05. The van der Waals surface area contributed by atoms with Crippen molar-refractivity contribution in [1.82, 2.24) is 16.0 Å². The van der Waals surface area contributed by atoms with Gasteiger partial charge in [-0.25, -0.2) is 4.79 Å². The zero-order valence-corrected chi connectivity index (χ0v) is 18.1. The predicted molar refractivity (Wildman–Crippen MR) is 111 cm³/mol. The Morgan fingerprint density at radius 2 is 1.45 bits per heavy atom. The molecule has 31 heavy (non-hydrogen) atoms. The first-order valence-electron chi connectivity index (χ1n) is 9.30. The Labute approximate surface area is 184 Å². The summed E-state index contributed by atoms with van der Waals surface area (Å²) in [5.41, 5.74) is 10.7. The van der Waals surface area contributed by atoms with E-state index in [1.54, 1.807) is 13.8 Å². The molecule has 0 spiro atoms. The SMILES string of the molecule is CC(C)C(NC(=O)C(N)CCC(N)=O)C(=O)NC(CS)C(=O)NC(CC(=O)O)C(=O)O. The summed E-state index contributed by atoms with van der Waals surface area (Å²) >= 11 is 3.95. The van der Waals surface area contributed by atoms with E-state index in [0.29, 0.717) is 0 Å². The van der Waals surface area contributed by atoms with Crippen molar-refractivity contribution in [2.45, 2.75) is 57.3 Å². The van der Waals surface area contributed by atoms with Crippen LogP contribution >= 0.6 is 12.6 Å². The monoisotopic (exact) mass is 463 g/mol. The summed E-state index contributed by atoms with van der Waals surface area (Å²) in [6, 6.07) is -5.18. The van der Waals surface area contributed by atoms with E-state index in [4.69, 9.17) is 21.7 Å². The number of nitrogens with one attached hydrogen (secondary N) is 3. The molecule has 4 unspecified atom stereocenters.